The normalized spacial score (nSPS) is 14.9. The summed E-state index contributed by atoms with van der Waals surface area (Å²) in [6.07, 6.45) is 0. The van der Waals surface area contributed by atoms with Crippen LogP contribution in [-0.2, 0) is 34.8 Å². The molecule has 0 heterocycles. The number of rotatable bonds is 4. The summed E-state index contributed by atoms with van der Waals surface area (Å²) < 4.78 is 56.1. The molecule has 0 amide bonds. The molecule has 0 aliphatic carbocycles. The molecule has 2 aromatic carbocycles. The van der Waals surface area contributed by atoms with Crippen molar-refractivity contribution in [2.45, 2.75) is 0 Å². The molecule has 2 N–H and O–H groups in total. The van der Waals surface area contributed by atoms with Crippen molar-refractivity contribution in [3.8, 4) is 0 Å². The second-order valence-electron chi connectivity index (χ2n) is 3.71. The van der Waals surface area contributed by atoms with Gasteiger partial charge in [0, 0.05) is 16.6 Å². The molecular formula is C10H9NO6S3. The first-order valence-electron chi connectivity index (χ1n) is 5.11. The van der Waals surface area contributed by atoms with Gasteiger partial charge in [0.25, 0.3) is 9.05 Å². The van der Waals surface area contributed by atoms with Gasteiger partial charge >= 0.3 is 10.3 Å². The lowest BCUT2D eigenvalue weighted by molar-refractivity contribution is 0.305. The number of hydrogen-bond donors (Lipinski definition) is 2. The lowest BCUT2D eigenvalue weighted by Crippen LogP contribution is -2.32. The van der Waals surface area contributed by atoms with E-state index in [1.165, 1.54) is 12.1 Å². The Bertz CT molecular complexity index is 841. The molecule has 20 heavy (non-hydrogen) atoms. The maximum atomic E-state index is 11.3. The summed E-state index contributed by atoms with van der Waals surface area (Å²) in [5.74, 6) is 0. The van der Waals surface area contributed by atoms with Crippen LogP contribution in [-0.4, -0.2) is 21.7 Å². The van der Waals surface area contributed by atoms with E-state index in [1.54, 1.807) is 30.3 Å². The molecule has 0 saturated heterocycles. The van der Waals surface area contributed by atoms with E-state index < -0.39 is 19.4 Å². The van der Waals surface area contributed by atoms with E-state index in [0.29, 0.717) is 10.8 Å². The first-order chi connectivity index (χ1) is 9.18. The van der Waals surface area contributed by atoms with Crippen molar-refractivity contribution in [3.63, 3.8) is 0 Å². The number of anilines is 1. The average molecular weight is 335 g/mol. The fourth-order valence-electron chi connectivity index (χ4n) is 1.66. The van der Waals surface area contributed by atoms with Crippen molar-refractivity contribution >= 4 is 47.0 Å². The van der Waals surface area contributed by atoms with Gasteiger partial charge in [-0.2, -0.15) is 12.6 Å². The van der Waals surface area contributed by atoms with Gasteiger partial charge in [-0.3, -0.25) is 9.11 Å². The molecule has 1 atom stereocenters. The third kappa shape index (κ3) is 3.42. The van der Waals surface area contributed by atoms with Gasteiger partial charge in [-0.25, -0.2) is 0 Å². The van der Waals surface area contributed by atoms with Gasteiger partial charge in [0.1, 0.15) is 0 Å². The van der Waals surface area contributed by atoms with Crippen molar-refractivity contribution < 1.29 is 26.0 Å². The van der Waals surface area contributed by atoms with Gasteiger partial charge in [-0.15, -0.1) is 8.75 Å². The Morgan fingerprint density at radius 3 is 2.20 bits per heavy atom. The topological polar surface area (TPSA) is 104 Å². The molecule has 0 aromatic heterocycles. The van der Waals surface area contributed by atoms with Crippen LogP contribution in [0.4, 0.5) is 5.69 Å². The largest absolute Gasteiger partial charge is 0.383 e. The lowest BCUT2D eigenvalue weighted by atomic mass is 10.1. The molecule has 7 nitrogen and oxygen atoms in total. The molecule has 1 unspecified atom stereocenters. The summed E-state index contributed by atoms with van der Waals surface area (Å²) in [5, 5.41) is 1.04. The van der Waals surface area contributed by atoms with Crippen molar-refractivity contribution in [2.24, 2.45) is 0 Å². The summed E-state index contributed by atoms with van der Waals surface area (Å²) in [7, 11) is -9.24. The molecule has 0 spiro atoms. The highest BCUT2D eigenvalue weighted by atomic mass is 32.9. The molecular weight excluding hydrogens is 326 g/mol. The summed E-state index contributed by atoms with van der Waals surface area (Å²) in [4.78, 5) is 0. The summed E-state index contributed by atoms with van der Waals surface area (Å²) in [6, 6.07) is 11.1. The average Bonchev–Trinajstić information content (AvgIpc) is 2.33. The van der Waals surface area contributed by atoms with Crippen LogP contribution in [0.2, 0.25) is 0 Å². The minimum Gasteiger partial charge on any atom is -0.284 e. The molecule has 0 aliphatic rings. The SMILES string of the molecule is O=S(=O)(O)N(OS(=O)(O)=S)c1cccc2ccccc12. The van der Waals surface area contributed by atoms with Gasteiger partial charge in [0.2, 0.25) is 0 Å². The summed E-state index contributed by atoms with van der Waals surface area (Å²) in [5.41, 5.74) is -0.128. The lowest BCUT2D eigenvalue weighted by Gasteiger charge is -2.19. The monoisotopic (exact) mass is 335 g/mol. The van der Waals surface area contributed by atoms with Crippen LogP contribution in [0.5, 0.6) is 0 Å². The van der Waals surface area contributed by atoms with Crippen molar-refractivity contribution in [2.75, 3.05) is 4.47 Å². The highest BCUT2D eigenvalue weighted by Crippen LogP contribution is 2.29. The minimum absolute atomic E-state index is 0.0648. The van der Waals surface area contributed by atoms with Crippen LogP contribution in [0.15, 0.2) is 42.5 Å². The van der Waals surface area contributed by atoms with E-state index in [4.69, 9.17) is 9.11 Å². The van der Waals surface area contributed by atoms with Crippen LogP contribution in [0.1, 0.15) is 0 Å². The fraction of sp³-hybridized carbons (Fsp3) is 0. The fourth-order valence-corrected chi connectivity index (χ4v) is 3.17. The third-order valence-corrected chi connectivity index (χ3v) is 3.64. The first-order valence-corrected chi connectivity index (χ1v) is 8.87. The van der Waals surface area contributed by atoms with Crippen molar-refractivity contribution in [1.82, 2.24) is 0 Å². The summed E-state index contributed by atoms with van der Waals surface area (Å²) in [6.45, 7) is 0. The third-order valence-electron chi connectivity index (χ3n) is 2.33. The van der Waals surface area contributed by atoms with E-state index >= 15 is 0 Å². The minimum atomic E-state index is -4.94. The van der Waals surface area contributed by atoms with E-state index in [-0.39, 0.29) is 10.2 Å². The van der Waals surface area contributed by atoms with E-state index in [9.17, 15) is 12.6 Å². The molecule has 0 aliphatic heterocycles. The maximum Gasteiger partial charge on any atom is 0.383 e. The molecule has 10 heteroatoms. The second-order valence-corrected chi connectivity index (χ2v) is 7.20. The Hall–Kier alpha value is -1.30. The van der Waals surface area contributed by atoms with Gasteiger partial charge in [-0.1, -0.05) is 36.4 Å². The Morgan fingerprint density at radius 2 is 1.60 bits per heavy atom. The first kappa shape index (κ1) is 15.1. The van der Waals surface area contributed by atoms with Crippen LogP contribution in [0.3, 0.4) is 0 Å². The smallest absolute Gasteiger partial charge is 0.284 e. The number of benzene rings is 2. The Labute approximate surface area is 120 Å². The molecule has 0 bridgehead atoms. The van der Waals surface area contributed by atoms with Crippen LogP contribution >= 0.6 is 0 Å². The van der Waals surface area contributed by atoms with E-state index in [0.717, 1.165) is 0 Å². The van der Waals surface area contributed by atoms with Gasteiger partial charge in [-0.05, 0) is 11.5 Å². The Balaban J connectivity index is 2.69. The highest BCUT2D eigenvalue weighted by molar-refractivity contribution is 8.27. The van der Waals surface area contributed by atoms with Crippen LogP contribution in [0.25, 0.3) is 10.8 Å². The predicted octanol–water partition coefficient (Wildman–Crippen LogP) is 1.51. The Morgan fingerprint density at radius 1 is 1.00 bits per heavy atom. The molecule has 2 aromatic rings. The second kappa shape index (κ2) is 5.24. The molecule has 0 fully saturated rings. The molecule has 108 valence electrons. The molecule has 0 saturated carbocycles. The van der Waals surface area contributed by atoms with Gasteiger partial charge in [0.05, 0.1) is 5.69 Å². The van der Waals surface area contributed by atoms with Gasteiger partial charge < -0.3 is 0 Å². The predicted molar refractivity (Wildman–Crippen MR) is 77.2 cm³/mol. The number of fused-ring (bicyclic) bond motifs is 1. The van der Waals surface area contributed by atoms with Crippen molar-refractivity contribution in [3.05, 3.63) is 42.5 Å². The standard InChI is InChI=1S/C10H9NO6S3/c12-19(13,14)11(17-20(15,16)18)10-7-3-5-8-4-1-2-6-9(8)10/h1-7H,(H,12,13,14)(H,15,16,18). The zero-order valence-corrected chi connectivity index (χ0v) is 12.2. The van der Waals surface area contributed by atoms with Gasteiger partial charge in [0.15, 0.2) is 0 Å². The summed E-state index contributed by atoms with van der Waals surface area (Å²) >= 11 is 4.10. The number of nitrogens with zero attached hydrogens (tertiary/aromatic N) is 1. The highest BCUT2D eigenvalue weighted by Gasteiger charge is 2.26. The quantitative estimate of drug-likeness (QED) is 0.644. The van der Waals surface area contributed by atoms with Crippen LogP contribution in [0, 0.1) is 0 Å². The zero-order valence-electron chi connectivity index (χ0n) is 9.74. The van der Waals surface area contributed by atoms with Crippen molar-refractivity contribution in [1.29, 1.82) is 0 Å². The Kier molecular flexibility index (Phi) is 3.95. The number of hydrogen-bond acceptors (Lipinski definition) is 5. The molecule has 0 radical (unpaired) electrons. The maximum absolute atomic E-state index is 11.3. The molecule has 2 rings (SSSR count). The van der Waals surface area contributed by atoms with Crippen LogP contribution < -0.4 is 4.47 Å². The van der Waals surface area contributed by atoms with E-state index in [2.05, 4.69) is 15.5 Å². The zero-order chi connectivity index (χ0) is 15.0. The van der Waals surface area contributed by atoms with E-state index in [1.807, 2.05) is 0 Å².